The van der Waals surface area contributed by atoms with E-state index < -0.39 is 36.2 Å². The lowest BCUT2D eigenvalue weighted by atomic mass is 9.88. The third kappa shape index (κ3) is 12.0. The molecule has 0 unspecified atom stereocenters. The van der Waals surface area contributed by atoms with Gasteiger partial charge in [0.2, 0.25) is 11.8 Å². The van der Waals surface area contributed by atoms with Crippen molar-refractivity contribution in [3.8, 4) is 5.75 Å². The molecule has 1 saturated carbocycles. The number of hydrogen-bond donors (Lipinski definition) is 4. The van der Waals surface area contributed by atoms with Gasteiger partial charge in [0.1, 0.15) is 17.9 Å². The highest BCUT2D eigenvalue weighted by atomic mass is 16.5. The van der Waals surface area contributed by atoms with Crippen LogP contribution < -0.4 is 10.6 Å². The molecule has 2 bridgehead atoms. The molecular formula is C36H50N2O7. The summed E-state index contributed by atoms with van der Waals surface area (Å²) in [6.45, 7) is 5.33. The van der Waals surface area contributed by atoms with Crippen LogP contribution in [0.4, 0.5) is 5.69 Å². The van der Waals surface area contributed by atoms with Crippen molar-refractivity contribution in [1.29, 1.82) is 0 Å². The van der Waals surface area contributed by atoms with Crippen molar-refractivity contribution in [3.05, 3.63) is 71.9 Å². The molecule has 1 aromatic rings. The summed E-state index contributed by atoms with van der Waals surface area (Å²) in [7, 11) is 1.54. The first kappa shape index (κ1) is 35.8. The average Bonchev–Trinajstić information content (AvgIpc) is 3.01. The Morgan fingerprint density at radius 1 is 1.07 bits per heavy atom. The quantitative estimate of drug-likeness (QED) is 0.245. The van der Waals surface area contributed by atoms with Crippen molar-refractivity contribution in [3.63, 3.8) is 0 Å². The van der Waals surface area contributed by atoms with Gasteiger partial charge in [-0.25, -0.2) is 4.79 Å². The van der Waals surface area contributed by atoms with E-state index in [9.17, 15) is 24.6 Å². The highest BCUT2D eigenvalue weighted by Crippen LogP contribution is 2.26. The number of phenolic OH excluding ortho intramolecular Hbond substituents is 1. The first-order valence-electron chi connectivity index (χ1n) is 16.1. The Morgan fingerprint density at radius 3 is 2.53 bits per heavy atom. The second-order valence-electron chi connectivity index (χ2n) is 12.2. The molecule has 2 amide bonds. The minimum atomic E-state index is -0.874. The van der Waals surface area contributed by atoms with Gasteiger partial charge in [0, 0.05) is 37.1 Å². The number of carbonyl (C=O) groups is 3. The lowest BCUT2D eigenvalue weighted by Crippen LogP contribution is -2.45. The van der Waals surface area contributed by atoms with Gasteiger partial charge in [0.15, 0.2) is 0 Å². The molecule has 0 radical (unpaired) electrons. The molecule has 0 saturated heterocycles. The number of aromatic hydroxyl groups is 1. The number of benzene rings is 1. The second-order valence-corrected chi connectivity index (χ2v) is 12.2. The van der Waals surface area contributed by atoms with Crippen LogP contribution in [0.1, 0.15) is 77.7 Å². The third-order valence-corrected chi connectivity index (χ3v) is 8.52. The van der Waals surface area contributed by atoms with Crippen LogP contribution in [0.15, 0.2) is 66.3 Å². The number of ether oxygens (including phenoxy) is 2. The van der Waals surface area contributed by atoms with Crippen molar-refractivity contribution in [2.45, 2.75) is 103 Å². The van der Waals surface area contributed by atoms with Gasteiger partial charge >= 0.3 is 5.97 Å². The van der Waals surface area contributed by atoms with Crippen LogP contribution in [-0.4, -0.2) is 59.5 Å². The van der Waals surface area contributed by atoms with E-state index in [1.165, 1.54) is 13.2 Å². The number of nitrogens with one attached hydrogen (secondary N) is 2. The van der Waals surface area contributed by atoms with Gasteiger partial charge in [-0.1, -0.05) is 68.7 Å². The molecule has 3 rings (SSSR count). The van der Waals surface area contributed by atoms with Crippen molar-refractivity contribution in [2.75, 3.05) is 12.4 Å². The summed E-state index contributed by atoms with van der Waals surface area (Å²) in [5, 5.41) is 27.2. The summed E-state index contributed by atoms with van der Waals surface area (Å²) in [6.07, 6.45) is 17.4. The molecule has 45 heavy (non-hydrogen) atoms. The molecule has 1 fully saturated rings. The molecule has 0 spiro atoms. The van der Waals surface area contributed by atoms with E-state index in [1.807, 2.05) is 44.2 Å². The Hall–Kier alpha value is -3.69. The lowest BCUT2D eigenvalue weighted by Gasteiger charge is -2.29. The first-order valence-corrected chi connectivity index (χ1v) is 16.1. The summed E-state index contributed by atoms with van der Waals surface area (Å²) >= 11 is 0. The molecule has 1 aromatic carbocycles. The standard InChI is InChI=1S/C36H50N2O7/c1-24-14-13-15-27-20-29(22-30(39)21-27)38-33(40)23-31(44-4)18-11-6-5-7-12-19-32(25(2)34(24)41)45-36(43)26(3)37-35(42)28-16-9-8-10-17-28/h5-7,11-12,14,18,20-22,25-26,28,31-32,34,39,41H,8-10,13,15-17,19,23H2,1-4H3,(H,37,42)(H,38,40)/b6-5+,12-7+,18-11?,24-14-/t25-,26+,31-,32-,34-/m0/s1. The predicted molar refractivity (Wildman–Crippen MR) is 175 cm³/mol. The number of aliphatic hydroxyl groups excluding tert-OH is 1. The van der Waals surface area contributed by atoms with E-state index in [1.54, 1.807) is 31.2 Å². The largest absolute Gasteiger partial charge is 0.508 e. The zero-order valence-corrected chi connectivity index (χ0v) is 27.0. The smallest absolute Gasteiger partial charge is 0.328 e. The highest BCUT2D eigenvalue weighted by Gasteiger charge is 2.31. The maximum absolute atomic E-state index is 13.1. The van der Waals surface area contributed by atoms with Crippen molar-refractivity contribution < 1.29 is 34.1 Å². The van der Waals surface area contributed by atoms with Crippen molar-refractivity contribution in [2.24, 2.45) is 11.8 Å². The monoisotopic (exact) mass is 622 g/mol. The number of rotatable bonds is 5. The molecule has 1 heterocycles. The van der Waals surface area contributed by atoms with Crippen molar-refractivity contribution >= 4 is 23.5 Å². The number of esters is 1. The zero-order valence-electron chi connectivity index (χ0n) is 27.0. The second kappa shape index (κ2) is 18.3. The number of anilines is 1. The summed E-state index contributed by atoms with van der Waals surface area (Å²) in [4.78, 5) is 38.5. The van der Waals surface area contributed by atoms with E-state index >= 15 is 0 Å². The molecule has 2 aliphatic rings. The lowest BCUT2D eigenvalue weighted by molar-refractivity contribution is -0.156. The van der Waals surface area contributed by atoms with Gasteiger partial charge in [0.25, 0.3) is 0 Å². The minimum absolute atomic E-state index is 0.0465. The topological polar surface area (TPSA) is 134 Å². The molecule has 0 aromatic heterocycles. The Kier molecular flexibility index (Phi) is 14.6. The summed E-state index contributed by atoms with van der Waals surface area (Å²) in [6, 6.07) is 4.16. The Bertz CT molecular complexity index is 1260. The number of carbonyl (C=O) groups excluding carboxylic acids is 3. The van der Waals surface area contributed by atoms with E-state index in [-0.39, 0.29) is 29.9 Å². The maximum Gasteiger partial charge on any atom is 0.328 e. The van der Waals surface area contributed by atoms with Gasteiger partial charge in [-0.15, -0.1) is 0 Å². The number of methoxy groups -OCH3 is 1. The molecule has 9 heteroatoms. The summed E-state index contributed by atoms with van der Waals surface area (Å²) in [5.41, 5.74) is 2.06. The number of allylic oxidation sites excluding steroid dienone is 5. The average molecular weight is 623 g/mol. The van der Waals surface area contributed by atoms with Gasteiger partial charge in [-0.05, 0) is 62.8 Å². The van der Waals surface area contributed by atoms with Crippen LogP contribution in [-0.2, 0) is 30.3 Å². The number of phenols is 1. The first-order chi connectivity index (χ1) is 21.6. The van der Waals surface area contributed by atoms with Crippen LogP contribution in [0.5, 0.6) is 5.75 Å². The van der Waals surface area contributed by atoms with E-state index in [2.05, 4.69) is 10.6 Å². The zero-order chi connectivity index (χ0) is 32.8. The van der Waals surface area contributed by atoms with Crippen LogP contribution in [0.2, 0.25) is 0 Å². The SMILES string of the molecule is CO[C@H]1C=C/C=C/C=C/C[C@H](OC(=O)[C@@H](C)NC(=O)C2CCCCC2)[C@H](C)[C@@H](O)/C(C)=C\CCc2cc(O)cc(c2)NC(=O)C1. The molecule has 1 aliphatic heterocycles. The van der Waals surface area contributed by atoms with Gasteiger partial charge in [-0.3, -0.25) is 9.59 Å². The molecule has 1 aliphatic carbocycles. The fraction of sp³-hybridized carbons (Fsp3) is 0.528. The van der Waals surface area contributed by atoms with Gasteiger partial charge in [0.05, 0.1) is 18.6 Å². The number of fused-ring (bicyclic) bond motifs is 2. The van der Waals surface area contributed by atoms with Crippen LogP contribution >= 0.6 is 0 Å². The number of amides is 2. The fourth-order valence-electron chi connectivity index (χ4n) is 5.70. The van der Waals surface area contributed by atoms with E-state index in [0.717, 1.165) is 43.2 Å². The van der Waals surface area contributed by atoms with Gasteiger partial charge in [-0.2, -0.15) is 0 Å². The maximum atomic E-state index is 13.1. The molecule has 5 atom stereocenters. The van der Waals surface area contributed by atoms with Crippen LogP contribution in [0.3, 0.4) is 0 Å². The third-order valence-electron chi connectivity index (χ3n) is 8.52. The van der Waals surface area contributed by atoms with Gasteiger partial charge < -0.3 is 30.3 Å². The Labute approximate surface area is 267 Å². The molecule has 4 N–H and O–H groups in total. The fourth-order valence-corrected chi connectivity index (χ4v) is 5.70. The highest BCUT2D eigenvalue weighted by molar-refractivity contribution is 5.91. The Morgan fingerprint density at radius 2 is 1.80 bits per heavy atom. The minimum Gasteiger partial charge on any atom is -0.508 e. The molecular weight excluding hydrogens is 572 g/mol. The number of aliphatic hydroxyl groups is 1. The van der Waals surface area contributed by atoms with Crippen LogP contribution in [0, 0.1) is 11.8 Å². The van der Waals surface area contributed by atoms with Crippen LogP contribution in [0.25, 0.3) is 0 Å². The van der Waals surface area contributed by atoms with E-state index in [0.29, 0.717) is 24.9 Å². The Balaban J connectivity index is 1.78. The normalized spacial score (nSPS) is 27.5. The van der Waals surface area contributed by atoms with E-state index in [4.69, 9.17) is 9.47 Å². The molecule has 9 nitrogen and oxygen atoms in total. The molecule has 246 valence electrons. The summed E-state index contributed by atoms with van der Waals surface area (Å²) < 4.78 is 11.4. The summed E-state index contributed by atoms with van der Waals surface area (Å²) in [5.74, 6) is -1.33. The van der Waals surface area contributed by atoms with Crippen molar-refractivity contribution in [1.82, 2.24) is 5.32 Å². The number of hydrogen-bond acceptors (Lipinski definition) is 7. The number of aryl methyl sites for hydroxylation is 1. The predicted octanol–water partition coefficient (Wildman–Crippen LogP) is 5.68.